The lowest BCUT2D eigenvalue weighted by Crippen LogP contribution is -2.45. The molecule has 2 aromatic carbocycles. The molecule has 9 nitrogen and oxygen atoms in total. The Bertz CT molecular complexity index is 920. The SMILES string of the molecule is CC(C(=O)Nc1cc([N+](=O)[O-])ccc1O)N1C(=O)c2ccccc2C1=O. The number of hydrogen-bond acceptors (Lipinski definition) is 6. The summed E-state index contributed by atoms with van der Waals surface area (Å²) in [6.45, 7) is 1.35. The van der Waals surface area contributed by atoms with Crippen LogP contribution >= 0.6 is 0 Å². The van der Waals surface area contributed by atoms with Crippen LogP contribution in [0.15, 0.2) is 42.5 Å². The summed E-state index contributed by atoms with van der Waals surface area (Å²) in [7, 11) is 0. The first-order valence-electron chi connectivity index (χ1n) is 7.56. The van der Waals surface area contributed by atoms with Crippen LogP contribution in [0.5, 0.6) is 5.75 Å². The molecule has 1 aliphatic rings. The number of carbonyl (C=O) groups is 3. The summed E-state index contributed by atoms with van der Waals surface area (Å²) in [5, 5.41) is 22.9. The first kappa shape index (κ1) is 17.1. The second-order valence-electron chi connectivity index (χ2n) is 5.65. The van der Waals surface area contributed by atoms with Crippen molar-refractivity contribution in [1.29, 1.82) is 0 Å². The van der Waals surface area contributed by atoms with Crippen LogP contribution in [-0.4, -0.2) is 38.7 Å². The molecule has 1 heterocycles. The van der Waals surface area contributed by atoms with E-state index in [9.17, 15) is 29.6 Å². The molecule has 1 aliphatic heterocycles. The fraction of sp³-hybridized carbons (Fsp3) is 0.118. The second kappa shape index (κ2) is 6.28. The number of rotatable bonds is 4. The van der Waals surface area contributed by atoms with Crippen LogP contribution in [0.3, 0.4) is 0 Å². The van der Waals surface area contributed by atoms with Gasteiger partial charge in [0.1, 0.15) is 11.8 Å². The molecule has 0 radical (unpaired) electrons. The molecular formula is C17H13N3O6. The highest BCUT2D eigenvalue weighted by Crippen LogP contribution is 2.29. The van der Waals surface area contributed by atoms with Crippen molar-refractivity contribution in [2.24, 2.45) is 0 Å². The molecule has 0 aromatic heterocycles. The molecule has 0 saturated heterocycles. The highest BCUT2D eigenvalue weighted by molar-refractivity contribution is 6.23. The summed E-state index contributed by atoms with van der Waals surface area (Å²) in [5.41, 5.74) is -0.107. The Hall–Kier alpha value is -3.75. The zero-order valence-corrected chi connectivity index (χ0v) is 13.5. The van der Waals surface area contributed by atoms with E-state index in [0.29, 0.717) is 0 Å². The summed E-state index contributed by atoms with van der Waals surface area (Å²) in [6.07, 6.45) is 0. The van der Waals surface area contributed by atoms with E-state index < -0.39 is 28.7 Å². The highest BCUT2D eigenvalue weighted by atomic mass is 16.6. The van der Waals surface area contributed by atoms with Crippen LogP contribution in [0.4, 0.5) is 11.4 Å². The maximum Gasteiger partial charge on any atom is 0.271 e. The molecule has 0 saturated carbocycles. The zero-order chi connectivity index (χ0) is 19.0. The first-order valence-corrected chi connectivity index (χ1v) is 7.56. The van der Waals surface area contributed by atoms with Gasteiger partial charge in [0.2, 0.25) is 5.91 Å². The molecule has 0 fully saturated rings. The van der Waals surface area contributed by atoms with Crippen molar-refractivity contribution in [2.75, 3.05) is 5.32 Å². The number of anilines is 1. The van der Waals surface area contributed by atoms with E-state index in [-0.39, 0.29) is 28.3 Å². The molecule has 132 valence electrons. The fourth-order valence-electron chi connectivity index (χ4n) is 2.65. The lowest BCUT2D eigenvalue weighted by Gasteiger charge is -2.21. The number of imide groups is 1. The predicted octanol–water partition coefficient (Wildman–Crippen LogP) is 1.92. The van der Waals surface area contributed by atoms with Crippen LogP contribution in [0, 0.1) is 10.1 Å². The van der Waals surface area contributed by atoms with E-state index in [1.54, 1.807) is 12.1 Å². The Labute approximate surface area is 147 Å². The Morgan fingerprint density at radius 2 is 1.73 bits per heavy atom. The van der Waals surface area contributed by atoms with Crippen LogP contribution in [-0.2, 0) is 4.79 Å². The van der Waals surface area contributed by atoms with E-state index >= 15 is 0 Å². The van der Waals surface area contributed by atoms with Crippen molar-refractivity contribution in [2.45, 2.75) is 13.0 Å². The topological polar surface area (TPSA) is 130 Å². The predicted molar refractivity (Wildman–Crippen MR) is 89.8 cm³/mol. The Morgan fingerprint density at radius 1 is 1.15 bits per heavy atom. The standard InChI is InChI=1S/C17H13N3O6/c1-9(19-16(23)11-4-2-3-5-12(11)17(19)24)15(22)18-13-8-10(20(25)26)6-7-14(13)21/h2-9,21H,1H3,(H,18,22). The number of non-ortho nitro benzene ring substituents is 1. The molecule has 0 spiro atoms. The minimum Gasteiger partial charge on any atom is -0.506 e. The van der Waals surface area contributed by atoms with Gasteiger partial charge in [-0.2, -0.15) is 0 Å². The van der Waals surface area contributed by atoms with Crippen molar-refractivity contribution < 1.29 is 24.4 Å². The van der Waals surface area contributed by atoms with Gasteiger partial charge in [-0.15, -0.1) is 0 Å². The lowest BCUT2D eigenvalue weighted by atomic mass is 10.1. The molecule has 26 heavy (non-hydrogen) atoms. The summed E-state index contributed by atoms with van der Waals surface area (Å²) in [5.74, 6) is -2.35. The highest BCUT2D eigenvalue weighted by Gasteiger charge is 2.40. The number of nitrogens with one attached hydrogen (secondary N) is 1. The molecule has 1 atom stereocenters. The number of hydrogen-bond donors (Lipinski definition) is 2. The van der Waals surface area contributed by atoms with Crippen molar-refractivity contribution >= 4 is 29.1 Å². The molecular weight excluding hydrogens is 342 g/mol. The van der Waals surface area contributed by atoms with E-state index in [1.807, 2.05) is 0 Å². The van der Waals surface area contributed by atoms with Gasteiger partial charge in [0.15, 0.2) is 0 Å². The molecule has 3 amide bonds. The van der Waals surface area contributed by atoms with Crippen LogP contribution < -0.4 is 5.32 Å². The lowest BCUT2D eigenvalue weighted by molar-refractivity contribution is -0.384. The van der Waals surface area contributed by atoms with Crippen molar-refractivity contribution in [1.82, 2.24) is 4.90 Å². The van der Waals surface area contributed by atoms with Crippen LogP contribution in [0.25, 0.3) is 0 Å². The molecule has 0 aliphatic carbocycles. The van der Waals surface area contributed by atoms with Crippen LogP contribution in [0.1, 0.15) is 27.6 Å². The average molecular weight is 355 g/mol. The Morgan fingerprint density at radius 3 is 2.27 bits per heavy atom. The largest absolute Gasteiger partial charge is 0.506 e. The minimum atomic E-state index is -1.18. The van der Waals surface area contributed by atoms with E-state index in [2.05, 4.69) is 5.32 Å². The van der Waals surface area contributed by atoms with Crippen molar-refractivity contribution in [3.8, 4) is 5.75 Å². The van der Waals surface area contributed by atoms with Gasteiger partial charge < -0.3 is 10.4 Å². The number of carbonyl (C=O) groups excluding carboxylic acids is 3. The molecule has 2 N–H and O–H groups in total. The molecule has 3 rings (SSSR count). The third-order valence-corrected chi connectivity index (χ3v) is 4.04. The van der Waals surface area contributed by atoms with Crippen molar-refractivity contribution in [3.05, 3.63) is 63.7 Å². The van der Waals surface area contributed by atoms with Gasteiger partial charge in [-0.1, -0.05) is 12.1 Å². The fourth-order valence-corrected chi connectivity index (χ4v) is 2.65. The third kappa shape index (κ3) is 2.75. The smallest absolute Gasteiger partial charge is 0.271 e. The monoisotopic (exact) mass is 355 g/mol. The first-order chi connectivity index (χ1) is 12.3. The number of phenolic OH excluding ortho intramolecular Hbond substituents is 1. The number of nitro groups is 1. The third-order valence-electron chi connectivity index (χ3n) is 4.04. The second-order valence-corrected chi connectivity index (χ2v) is 5.65. The van der Waals surface area contributed by atoms with E-state index in [0.717, 1.165) is 23.1 Å². The number of phenols is 1. The normalized spacial score (nSPS) is 14.1. The molecule has 0 bridgehead atoms. The van der Waals surface area contributed by atoms with E-state index in [4.69, 9.17) is 0 Å². The Balaban J connectivity index is 1.84. The van der Waals surface area contributed by atoms with Crippen LogP contribution in [0.2, 0.25) is 0 Å². The summed E-state index contributed by atoms with van der Waals surface area (Å²) >= 11 is 0. The quantitative estimate of drug-likeness (QED) is 0.373. The number of nitro benzene ring substituents is 1. The Kier molecular flexibility index (Phi) is 4.13. The maximum atomic E-state index is 12.4. The molecule has 1 unspecified atom stereocenters. The summed E-state index contributed by atoms with van der Waals surface area (Å²) in [4.78, 5) is 48.2. The number of amides is 3. The molecule has 9 heteroatoms. The van der Waals surface area contributed by atoms with Gasteiger partial charge in [-0.05, 0) is 25.1 Å². The average Bonchev–Trinajstić information content (AvgIpc) is 2.87. The number of benzene rings is 2. The summed E-state index contributed by atoms with van der Waals surface area (Å²) in [6, 6.07) is 8.17. The van der Waals surface area contributed by atoms with Gasteiger partial charge in [-0.3, -0.25) is 29.4 Å². The number of nitrogens with zero attached hydrogens (tertiary/aromatic N) is 2. The minimum absolute atomic E-state index is 0.187. The van der Waals surface area contributed by atoms with Gasteiger partial charge >= 0.3 is 0 Å². The number of aromatic hydroxyl groups is 1. The van der Waals surface area contributed by atoms with E-state index in [1.165, 1.54) is 19.1 Å². The van der Waals surface area contributed by atoms with Crippen molar-refractivity contribution in [3.63, 3.8) is 0 Å². The summed E-state index contributed by atoms with van der Waals surface area (Å²) < 4.78 is 0. The number of fused-ring (bicyclic) bond motifs is 1. The van der Waals surface area contributed by atoms with Gasteiger partial charge in [-0.25, -0.2) is 0 Å². The van der Waals surface area contributed by atoms with Gasteiger partial charge in [0.05, 0.1) is 21.7 Å². The molecule has 2 aromatic rings. The maximum absolute atomic E-state index is 12.4. The zero-order valence-electron chi connectivity index (χ0n) is 13.5. The van der Waals surface area contributed by atoms with Gasteiger partial charge in [0.25, 0.3) is 17.5 Å². The van der Waals surface area contributed by atoms with Gasteiger partial charge in [0, 0.05) is 12.1 Å².